The second kappa shape index (κ2) is 10.7. The van der Waals surface area contributed by atoms with Gasteiger partial charge >= 0.3 is 0 Å². The van der Waals surface area contributed by atoms with Crippen LogP contribution in [-0.4, -0.2) is 19.8 Å². The van der Waals surface area contributed by atoms with E-state index in [0.29, 0.717) is 28.2 Å². The zero-order chi connectivity index (χ0) is 19.8. The molecule has 3 nitrogen and oxygen atoms in total. The van der Waals surface area contributed by atoms with Crippen molar-refractivity contribution in [2.24, 2.45) is 0 Å². The standard InChI is InChI=1S/C20H18Cl4O3/c1-13-3-5-15(6-4-13)26-11-14(2)12-27-20-17(21)9-16(10-18(20)22)25-8-7-19(23)24/h3-7,9-10H,2,8,11-12H2,1H3. The maximum absolute atomic E-state index is 6.23. The van der Waals surface area contributed by atoms with E-state index < -0.39 is 0 Å². The van der Waals surface area contributed by atoms with Gasteiger partial charge in [-0.3, -0.25) is 0 Å². The Kier molecular flexibility index (Phi) is 8.65. The van der Waals surface area contributed by atoms with E-state index in [-0.39, 0.29) is 17.7 Å². The van der Waals surface area contributed by atoms with Gasteiger partial charge in [0.25, 0.3) is 0 Å². The van der Waals surface area contributed by atoms with Crippen molar-refractivity contribution in [1.29, 1.82) is 0 Å². The van der Waals surface area contributed by atoms with Crippen LogP contribution >= 0.6 is 46.4 Å². The van der Waals surface area contributed by atoms with Crippen LogP contribution in [0, 0.1) is 6.92 Å². The molecule has 2 aromatic carbocycles. The van der Waals surface area contributed by atoms with Crippen molar-refractivity contribution in [1.82, 2.24) is 0 Å². The predicted molar refractivity (Wildman–Crippen MR) is 113 cm³/mol. The van der Waals surface area contributed by atoms with Crippen molar-refractivity contribution in [3.8, 4) is 17.2 Å². The average Bonchev–Trinajstić information content (AvgIpc) is 2.60. The number of ether oxygens (including phenoxy) is 3. The summed E-state index contributed by atoms with van der Waals surface area (Å²) in [7, 11) is 0. The molecule has 0 aliphatic rings. The van der Waals surface area contributed by atoms with Crippen LogP contribution in [0.1, 0.15) is 5.56 Å². The molecular formula is C20H18Cl4O3. The highest BCUT2D eigenvalue weighted by atomic mass is 35.5. The number of hydrogen-bond donors (Lipinski definition) is 0. The van der Waals surface area contributed by atoms with Gasteiger partial charge in [0.1, 0.15) is 35.8 Å². The van der Waals surface area contributed by atoms with E-state index in [9.17, 15) is 0 Å². The van der Waals surface area contributed by atoms with Gasteiger partial charge in [0.05, 0.1) is 10.0 Å². The van der Waals surface area contributed by atoms with E-state index in [2.05, 4.69) is 6.58 Å². The first-order valence-corrected chi connectivity index (χ1v) is 9.48. The van der Waals surface area contributed by atoms with Crippen LogP contribution in [0.4, 0.5) is 0 Å². The van der Waals surface area contributed by atoms with Crippen LogP contribution in [0.2, 0.25) is 10.0 Å². The van der Waals surface area contributed by atoms with Gasteiger partial charge in [-0.05, 0) is 30.7 Å². The van der Waals surface area contributed by atoms with E-state index in [1.807, 2.05) is 31.2 Å². The lowest BCUT2D eigenvalue weighted by Gasteiger charge is -2.14. The van der Waals surface area contributed by atoms with Crippen molar-refractivity contribution >= 4 is 46.4 Å². The zero-order valence-corrected chi connectivity index (χ0v) is 17.6. The zero-order valence-electron chi connectivity index (χ0n) is 14.6. The Bertz CT molecular complexity index is 789. The summed E-state index contributed by atoms with van der Waals surface area (Å²) in [6.45, 7) is 6.70. The first kappa shape index (κ1) is 21.8. The van der Waals surface area contributed by atoms with E-state index in [4.69, 9.17) is 60.6 Å². The molecule has 0 saturated heterocycles. The second-order valence-corrected chi connectivity index (χ2v) is 7.48. The van der Waals surface area contributed by atoms with Gasteiger partial charge in [0.15, 0.2) is 5.75 Å². The Balaban J connectivity index is 1.88. The van der Waals surface area contributed by atoms with Crippen molar-refractivity contribution in [2.45, 2.75) is 6.92 Å². The highest BCUT2D eigenvalue weighted by molar-refractivity contribution is 6.55. The molecule has 27 heavy (non-hydrogen) atoms. The van der Waals surface area contributed by atoms with Crippen molar-refractivity contribution in [3.05, 3.63) is 74.7 Å². The summed E-state index contributed by atoms with van der Waals surface area (Å²) in [4.78, 5) is 0. The van der Waals surface area contributed by atoms with E-state index >= 15 is 0 Å². The third-order valence-electron chi connectivity index (χ3n) is 3.34. The fraction of sp³-hybridized carbons (Fsp3) is 0.200. The summed E-state index contributed by atoms with van der Waals surface area (Å²) in [6, 6.07) is 11.0. The van der Waals surface area contributed by atoms with Crippen LogP contribution in [0.25, 0.3) is 0 Å². The fourth-order valence-corrected chi connectivity index (χ4v) is 2.70. The molecule has 0 amide bonds. The summed E-state index contributed by atoms with van der Waals surface area (Å²) >= 11 is 23.5. The summed E-state index contributed by atoms with van der Waals surface area (Å²) in [5.41, 5.74) is 1.91. The van der Waals surface area contributed by atoms with Crippen LogP contribution in [0.5, 0.6) is 17.2 Å². The lowest BCUT2D eigenvalue weighted by atomic mass is 10.2. The highest BCUT2D eigenvalue weighted by Crippen LogP contribution is 2.37. The summed E-state index contributed by atoms with van der Waals surface area (Å²) < 4.78 is 16.9. The van der Waals surface area contributed by atoms with Gasteiger partial charge in [-0.15, -0.1) is 0 Å². The van der Waals surface area contributed by atoms with Crippen LogP contribution < -0.4 is 14.2 Å². The van der Waals surface area contributed by atoms with Gasteiger partial charge in [0, 0.05) is 12.1 Å². The quantitative estimate of drug-likeness (QED) is 0.386. The summed E-state index contributed by atoms with van der Waals surface area (Å²) in [5.74, 6) is 1.60. The molecule has 0 heterocycles. The number of hydrogen-bond acceptors (Lipinski definition) is 3. The number of benzene rings is 2. The second-order valence-electron chi connectivity index (χ2n) is 5.66. The van der Waals surface area contributed by atoms with Crippen LogP contribution in [-0.2, 0) is 0 Å². The normalized spacial score (nSPS) is 10.3. The maximum atomic E-state index is 6.23. The molecule has 0 aliphatic heterocycles. The maximum Gasteiger partial charge on any atom is 0.157 e. The predicted octanol–water partition coefficient (Wildman–Crippen LogP) is 7.01. The van der Waals surface area contributed by atoms with E-state index in [1.54, 1.807) is 12.1 Å². The van der Waals surface area contributed by atoms with Gasteiger partial charge in [-0.2, -0.15) is 0 Å². The van der Waals surface area contributed by atoms with Crippen molar-refractivity contribution in [2.75, 3.05) is 19.8 Å². The third-order valence-corrected chi connectivity index (χ3v) is 4.21. The molecule has 0 spiro atoms. The third kappa shape index (κ3) is 7.55. The average molecular weight is 448 g/mol. The van der Waals surface area contributed by atoms with Crippen LogP contribution in [0.3, 0.4) is 0 Å². The molecule has 0 N–H and O–H groups in total. The minimum atomic E-state index is 0.124. The summed E-state index contributed by atoms with van der Waals surface area (Å²) in [6.07, 6.45) is 1.51. The molecule has 0 fully saturated rings. The highest BCUT2D eigenvalue weighted by Gasteiger charge is 2.11. The van der Waals surface area contributed by atoms with Crippen LogP contribution in [0.15, 0.2) is 59.1 Å². The number of halogens is 4. The van der Waals surface area contributed by atoms with Crippen molar-refractivity contribution in [3.63, 3.8) is 0 Å². The molecule has 0 radical (unpaired) electrons. The summed E-state index contributed by atoms with van der Waals surface area (Å²) in [5, 5.41) is 0.649. The van der Waals surface area contributed by atoms with E-state index in [1.165, 1.54) is 11.6 Å². The lowest BCUT2D eigenvalue weighted by Crippen LogP contribution is -2.09. The monoisotopic (exact) mass is 446 g/mol. The molecule has 0 saturated carbocycles. The molecule has 2 rings (SSSR count). The Morgan fingerprint density at radius 1 is 0.926 bits per heavy atom. The smallest absolute Gasteiger partial charge is 0.157 e. The molecule has 0 aliphatic carbocycles. The Morgan fingerprint density at radius 3 is 2.11 bits per heavy atom. The van der Waals surface area contributed by atoms with Gasteiger partial charge in [0.2, 0.25) is 0 Å². The molecule has 7 heteroatoms. The Hall–Kier alpha value is -1.52. The molecule has 0 aromatic heterocycles. The van der Waals surface area contributed by atoms with E-state index in [0.717, 1.165) is 11.3 Å². The largest absolute Gasteiger partial charge is 0.489 e. The number of aryl methyl sites for hydroxylation is 1. The molecule has 144 valence electrons. The molecule has 2 aromatic rings. The molecule has 0 unspecified atom stereocenters. The Labute approximate surface area is 179 Å². The molecular weight excluding hydrogens is 430 g/mol. The minimum absolute atomic E-state index is 0.124. The topological polar surface area (TPSA) is 27.7 Å². The first-order chi connectivity index (χ1) is 12.8. The van der Waals surface area contributed by atoms with Gasteiger partial charge in [-0.1, -0.05) is 70.7 Å². The van der Waals surface area contributed by atoms with Gasteiger partial charge in [-0.25, -0.2) is 0 Å². The SMILES string of the molecule is C=C(COc1ccc(C)cc1)COc1c(Cl)cc(OCC=C(Cl)Cl)cc1Cl. The van der Waals surface area contributed by atoms with Gasteiger partial charge < -0.3 is 14.2 Å². The number of rotatable bonds is 9. The minimum Gasteiger partial charge on any atom is -0.489 e. The molecule has 0 bridgehead atoms. The first-order valence-electron chi connectivity index (χ1n) is 7.97. The lowest BCUT2D eigenvalue weighted by molar-refractivity contribution is 0.301. The fourth-order valence-electron chi connectivity index (χ4n) is 1.99. The van der Waals surface area contributed by atoms with Crippen molar-refractivity contribution < 1.29 is 14.2 Å². The Morgan fingerprint density at radius 2 is 1.52 bits per heavy atom. The molecule has 0 atom stereocenters.